The first-order chi connectivity index (χ1) is 17.9. The molecule has 1 aliphatic carbocycles. The first-order valence-corrected chi connectivity index (χ1v) is 13.4. The summed E-state index contributed by atoms with van der Waals surface area (Å²) >= 11 is 0. The Morgan fingerprint density at radius 3 is 2.51 bits per heavy atom. The minimum absolute atomic E-state index is 0.116. The van der Waals surface area contributed by atoms with E-state index in [-0.39, 0.29) is 30.4 Å². The zero-order chi connectivity index (χ0) is 26.2. The molecule has 1 aliphatic heterocycles. The van der Waals surface area contributed by atoms with E-state index in [4.69, 9.17) is 15.1 Å². The molecule has 1 saturated heterocycles. The number of nitrogens with zero attached hydrogens (tertiary/aromatic N) is 4. The Bertz CT molecular complexity index is 1060. The zero-order valence-electron chi connectivity index (χ0n) is 21.5. The number of rotatable bonds is 11. The van der Waals surface area contributed by atoms with Crippen molar-refractivity contribution >= 4 is 23.5 Å². The maximum absolute atomic E-state index is 13.1. The number of nitrogens with two attached hydrogens (primary N) is 1. The number of carbonyl (C=O) groups is 3. The lowest BCUT2D eigenvalue weighted by Gasteiger charge is -2.30. The fraction of sp³-hybridized carbons (Fsp3) is 0.593. The number of hydrogen-bond donors (Lipinski definition) is 2. The van der Waals surface area contributed by atoms with Crippen molar-refractivity contribution in [1.29, 1.82) is 0 Å². The van der Waals surface area contributed by atoms with Gasteiger partial charge in [-0.25, -0.2) is 15.0 Å². The van der Waals surface area contributed by atoms with Crippen molar-refractivity contribution in [3.63, 3.8) is 0 Å². The van der Waals surface area contributed by atoms with Gasteiger partial charge in [-0.15, -0.1) is 0 Å². The van der Waals surface area contributed by atoms with Gasteiger partial charge in [0, 0.05) is 37.3 Å². The number of oxazole rings is 1. The van der Waals surface area contributed by atoms with Gasteiger partial charge in [-0.2, -0.15) is 0 Å². The van der Waals surface area contributed by atoms with Crippen LogP contribution in [0.5, 0.6) is 0 Å². The number of primary amides is 1. The zero-order valence-corrected chi connectivity index (χ0v) is 21.5. The number of amides is 2. The molecule has 37 heavy (non-hydrogen) atoms. The molecule has 1 radical (unpaired) electrons. The third kappa shape index (κ3) is 7.36. The van der Waals surface area contributed by atoms with Crippen LogP contribution in [0.4, 0.5) is 5.95 Å². The number of aromatic nitrogens is 3. The fourth-order valence-electron chi connectivity index (χ4n) is 5.07. The van der Waals surface area contributed by atoms with Crippen molar-refractivity contribution in [3.05, 3.63) is 42.2 Å². The van der Waals surface area contributed by atoms with Crippen LogP contribution in [-0.2, 0) is 16.0 Å². The van der Waals surface area contributed by atoms with Crippen LogP contribution in [0.25, 0.3) is 0 Å². The minimum atomic E-state index is -0.469. The summed E-state index contributed by atoms with van der Waals surface area (Å²) in [6, 6.07) is 1.80. The summed E-state index contributed by atoms with van der Waals surface area (Å²) in [7, 11) is 0. The molecular formula is C27H37N6O4. The van der Waals surface area contributed by atoms with E-state index in [1.54, 1.807) is 25.4 Å². The Morgan fingerprint density at radius 2 is 1.84 bits per heavy atom. The number of Topliss-reactive ketones (excluding diaryl/α,β-unsaturated/α-hetero) is 1. The largest absolute Gasteiger partial charge is 0.437 e. The van der Waals surface area contributed by atoms with Crippen molar-refractivity contribution in [2.45, 2.75) is 70.6 Å². The van der Waals surface area contributed by atoms with Gasteiger partial charge in [0.1, 0.15) is 0 Å². The number of ketones is 1. The molecule has 3 N–H and O–H groups in total. The van der Waals surface area contributed by atoms with Crippen molar-refractivity contribution in [2.24, 2.45) is 17.6 Å². The summed E-state index contributed by atoms with van der Waals surface area (Å²) in [4.78, 5) is 52.2. The van der Waals surface area contributed by atoms with E-state index < -0.39 is 17.7 Å². The first-order valence-electron chi connectivity index (χ1n) is 13.4. The van der Waals surface area contributed by atoms with Gasteiger partial charge < -0.3 is 20.4 Å². The normalized spacial score (nSPS) is 17.9. The lowest BCUT2D eigenvalue weighted by Crippen LogP contribution is -2.34. The molecule has 2 fully saturated rings. The highest BCUT2D eigenvalue weighted by atomic mass is 16.4. The molecule has 0 spiro atoms. The fourth-order valence-corrected chi connectivity index (χ4v) is 5.07. The average Bonchev–Trinajstić information content (AvgIpc) is 3.35. The molecule has 2 aromatic rings. The summed E-state index contributed by atoms with van der Waals surface area (Å²) in [5.74, 6) is 0.591. The maximum atomic E-state index is 13.1. The quantitative estimate of drug-likeness (QED) is 0.440. The van der Waals surface area contributed by atoms with Crippen LogP contribution in [-0.4, -0.2) is 52.2 Å². The number of piperidine rings is 1. The Balaban J connectivity index is 1.40. The maximum Gasteiger partial charge on any atom is 0.225 e. The molecule has 0 aromatic carbocycles. The lowest BCUT2D eigenvalue weighted by atomic mass is 9.85. The Labute approximate surface area is 217 Å². The monoisotopic (exact) mass is 509 g/mol. The molecule has 0 bridgehead atoms. The van der Waals surface area contributed by atoms with Crippen molar-refractivity contribution < 1.29 is 18.8 Å². The van der Waals surface area contributed by atoms with Crippen molar-refractivity contribution in [2.75, 3.05) is 24.5 Å². The van der Waals surface area contributed by atoms with Crippen LogP contribution in [0, 0.1) is 18.3 Å². The van der Waals surface area contributed by atoms with Gasteiger partial charge in [0.25, 0.3) is 0 Å². The molecule has 199 valence electrons. The molecule has 3 heterocycles. The number of hydrogen-bond acceptors (Lipinski definition) is 8. The molecule has 2 aliphatic rings. The van der Waals surface area contributed by atoms with Gasteiger partial charge in [-0.1, -0.05) is 39.0 Å². The van der Waals surface area contributed by atoms with Crippen LogP contribution in [0.3, 0.4) is 0 Å². The molecule has 2 aromatic heterocycles. The second-order valence-corrected chi connectivity index (χ2v) is 10.2. The van der Waals surface area contributed by atoms with E-state index in [0.717, 1.165) is 51.1 Å². The Kier molecular flexibility index (Phi) is 9.24. The van der Waals surface area contributed by atoms with E-state index in [2.05, 4.69) is 20.2 Å². The van der Waals surface area contributed by atoms with Gasteiger partial charge in [0.15, 0.2) is 11.7 Å². The summed E-state index contributed by atoms with van der Waals surface area (Å²) in [6.07, 6.45) is 13.4. The second-order valence-electron chi connectivity index (χ2n) is 10.2. The topological polar surface area (TPSA) is 144 Å². The van der Waals surface area contributed by atoms with Gasteiger partial charge in [-0.3, -0.25) is 14.4 Å². The van der Waals surface area contributed by atoms with Crippen molar-refractivity contribution in [3.8, 4) is 0 Å². The van der Waals surface area contributed by atoms with Gasteiger partial charge >= 0.3 is 0 Å². The summed E-state index contributed by atoms with van der Waals surface area (Å²) in [5, 5.41) is 2.61. The highest BCUT2D eigenvalue weighted by Gasteiger charge is 2.30. The van der Waals surface area contributed by atoms with Gasteiger partial charge in [0.2, 0.25) is 23.5 Å². The SMILES string of the molecule is CC(C[CH]C(=O)NCC(=O)c1oc(C2CCN(c3ncccn3)CC2)nc1CC1CCCCC1)C(N)=O. The first kappa shape index (κ1) is 26.8. The number of carbonyl (C=O) groups excluding carboxylic acids is 3. The van der Waals surface area contributed by atoms with Crippen LogP contribution < -0.4 is 16.0 Å². The van der Waals surface area contributed by atoms with Gasteiger partial charge in [-0.05, 0) is 37.7 Å². The van der Waals surface area contributed by atoms with Gasteiger partial charge in [0.05, 0.1) is 18.7 Å². The molecule has 10 heteroatoms. The minimum Gasteiger partial charge on any atom is -0.437 e. The number of nitrogens with one attached hydrogen (secondary N) is 1. The van der Waals surface area contributed by atoms with E-state index in [0.29, 0.717) is 17.5 Å². The van der Waals surface area contributed by atoms with Crippen LogP contribution in [0.15, 0.2) is 22.9 Å². The molecule has 10 nitrogen and oxygen atoms in total. The molecule has 2 amide bonds. The van der Waals surface area contributed by atoms with E-state index in [1.165, 1.54) is 25.7 Å². The van der Waals surface area contributed by atoms with E-state index in [1.807, 2.05) is 0 Å². The van der Waals surface area contributed by atoms with Crippen molar-refractivity contribution in [1.82, 2.24) is 20.3 Å². The van der Waals surface area contributed by atoms with Crippen LogP contribution in [0.1, 0.15) is 86.3 Å². The molecule has 4 rings (SSSR count). The third-order valence-electron chi connectivity index (χ3n) is 7.42. The van der Waals surface area contributed by atoms with E-state index >= 15 is 0 Å². The summed E-state index contributed by atoms with van der Waals surface area (Å²) in [5.41, 5.74) is 5.95. The molecule has 1 unspecified atom stereocenters. The summed E-state index contributed by atoms with van der Waals surface area (Å²) < 4.78 is 6.13. The van der Waals surface area contributed by atoms with E-state index in [9.17, 15) is 14.4 Å². The Morgan fingerprint density at radius 1 is 1.14 bits per heavy atom. The predicted molar refractivity (Wildman–Crippen MR) is 138 cm³/mol. The smallest absolute Gasteiger partial charge is 0.225 e. The predicted octanol–water partition coefficient (Wildman–Crippen LogP) is 2.99. The lowest BCUT2D eigenvalue weighted by molar-refractivity contribution is -0.121. The average molecular weight is 510 g/mol. The third-order valence-corrected chi connectivity index (χ3v) is 7.42. The van der Waals surface area contributed by atoms with Crippen LogP contribution >= 0.6 is 0 Å². The highest BCUT2D eigenvalue weighted by Crippen LogP contribution is 2.33. The highest BCUT2D eigenvalue weighted by molar-refractivity contribution is 5.99. The molecule has 1 atom stereocenters. The summed E-state index contributed by atoms with van der Waals surface area (Å²) in [6.45, 7) is 3.04. The molecule has 1 saturated carbocycles. The number of anilines is 1. The second kappa shape index (κ2) is 12.8. The molecular weight excluding hydrogens is 472 g/mol. The standard InChI is InChI=1S/C27H37N6O4/c1-18(25(28)36)8-9-23(35)31-17-22(34)24-21(16-19-6-3-2-4-7-19)32-26(37-24)20-10-14-33(15-11-20)27-29-12-5-13-30-27/h5,9,12-13,18-20H,2-4,6-8,10-11,14-17H2,1H3,(H2,28,36)(H,31,35). The Hall–Kier alpha value is -3.30. The van der Waals surface area contributed by atoms with Crippen LogP contribution in [0.2, 0.25) is 0 Å².